The molecule has 2 rings (SSSR count). The van der Waals surface area contributed by atoms with Gasteiger partial charge in [-0.2, -0.15) is 0 Å². The summed E-state index contributed by atoms with van der Waals surface area (Å²) in [6.45, 7) is 3.20. The van der Waals surface area contributed by atoms with Crippen molar-refractivity contribution in [1.29, 1.82) is 0 Å². The summed E-state index contributed by atoms with van der Waals surface area (Å²) >= 11 is 0. The molecule has 0 bridgehead atoms. The lowest BCUT2D eigenvalue weighted by atomic mass is 9.81. The van der Waals surface area contributed by atoms with Crippen LogP contribution in [0.5, 0.6) is 0 Å². The molecule has 1 aliphatic heterocycles. The Morgan fingerprint density at radius 1 is 1.53 bits per heavy atom. The third kappa shape index (κ3) is 3.27. The van der Waals surface area contributed by atoms with Crippen LogP contribution in [0.25, 0.3) is 0 Å². The Balaban J connectivity index is 2.05. The van der Waals surface area contributed by atoms with Gasteiger partial charge in [-0.15, -0.1) is 0 Å². The zero-order valence-corrected chi connectivity index (χ0v) is 10.2. The molecule has 1 heterocycles. The van der Waals surface area contributed by atoms with E-state index in [4.69, 9.17) is 4.74 Å². The van der Waals surface area contributed by atoms with E-state index in [2.05, 4.69) is 0 Å². The van der Waals surface area contributed by atoms with E-state index in [1.54, 1.807) is 6.07 Å². The lowest BCUT2D eigenvalue weighted by Crippen LogP contribution is -2.41. The van der Waals surface area contributed by atoms with Crippen LogP contribution in [0, 0.1) is 11.7 Å². The maximum Gasteiger partial charge on any atom is 0.123 e. The van der Waals surface area contributed by atoms with Gasteiger partial charge in [0.05, 0.1) is 12.2 Å². The second-order valence-corrected chi connectivity index (χ2v) is 5.08. The summed E-state index contributed by atoms with van der Waals surface area (Å²) < 4.78 is 18.5. The van der Waals surface area contributed by atoms with E-state index in [-0.39, 0.29) is 11.7 Å². The minimum Gasteiger partial charge on any atom is -0.389 e. The third-order valence-electron chi connectivity index (χ3n) is 3.49. The average Bonchev–Trinajstić information content (AvgIpc) is 2.29. The van der Waals surface area contributed by atoms with Gasteiger partial charge in [-0.05, 0) is 37.5 Å². The molecule has 0 saturated carbocycles. The molecule has 1 saturated heterocycles. The van der Waals surface area contributed by atoms with Crippen molar-refractivity contribution in [2.75, 3.05) is 13.2 Å². The van der Waals surface area contributed by atoms with Crippen molar-refractivity contribution in [3.8, 4) is 0 Å². The number of hydrogen-bond donors (Lipinski definition) is 1. The first-order chi connectivity index (χ1) is 8.08. The van der Waals surface area contributed by atoms with Crippen LogP contribution in [0.1, 0.15) is 25.3 Å². The maximum atomic E-state index is 13.1. The second kappa shape index (κ2) is 5.15. The molecule has 0 aromatic heterocycles. The summed E-state index contributed by atoms with van der Waals surface area (Å²) in [4.78, 5) is 0. The smallest absolute Gasteiger partial charge is 0.123 e. The first-order valence-electron chi connectivity index (χ1n) is 6.12. The van der Waals surface area contributed by atoms with Gasteiger partial charge >= 0.3 is 0 Å². The van der Waals surface area contributed by atoms with E-state index in [1.807, 2.05) is 13.0 Å². The number of rotatable bonds is 3. The van der Waals surface area contributed by atoms with Crippen LogP contribution in [0.15, 0.2) is 24.3 Å². The van der Waals surface area contributed by atoms with E-state index in [1.165, 1.54) is 12.1 Å². The fourth-order valence-corrected chi connectivity index (χ4v) is 2.44. The molecular formula is C14H19FO2. The number of benzene rings is 1. The predicted molar refractivity (Wildman–Crippen MR) is 64.3 cm³/mol. The summed E-state index contributed by atoms with van der Waals surface area (Å²) in [5.74, 6) is -0.113. The molecule has 17 heavy (non-hydrogen) atoms. The zero-order chi connectivity index (χ0) is 12.3. The fraction of sp³-hybridized carbons (Fsp3) is 0.571. The molecule has 94 valence electrons. The molecular weight excluding hydrogens is 219 g/mol. The van der Waals surface area contributed by atoms with Crippen molar-refractivity contribution in [2.45, 2.75) is 31.8 Å². The van der Waals surface area contributed by atoms with Crippen LogP contribution in [0.4, 0.5) is 4.39 Å². The second-order valence-electron chi connectivity index (χ2n) is 5.08. The van der Waals surface area contributed by atoms with Gasteiger partial charge in [0.25, 0.3) is 0 Å². The monoisotopic (exact) mass is 238 g/mol. The van der Waals surface area contributed by atoms with Crippen LogP contribution in [-0.2, 0) is 11.2 Å². The van der Waals surface area contributed by atoms with Gasteiger partial charge in [0.1, 0.15) is 5.82 Å². The Kier molecular flexibility index (Phi) is 3.79. The third-order valence-corrected chi connectivity index (χ3v) is 3.49. The highest BCUT2D eigenvalue weighted by atomic mass is 19.1. The predicted octanol–water partition coefficient (Wildman–Crippen LogP) is 2.55. The van der Waals surface area contributed by atoms with Gasteiger partial charge in [-0.25, -0.2) is 4.39 Å². The van der Waals surface area contributed by atoms with Crippen molar-refractivity contribution in [3.05, 3.63) is 35.6 Å². The maximum absolute atomic E-state index is 13.1. The summed E-state index contributed by atoms with van der Waals surface area (Å²) in [5, 5.41) is 10.5. The molecule has 1 fully saturated rings. The quantitative estimate of drug-likeness (QED) is 0.877. The van der Waals surface area contributed by atoms with Gasteiger partial charge in [-0.3, -0.25) is 0 Å². The van der Waals surface area contributed by atoms with E-state index in [0.717, 1.165) is 25.0 Å². The van der Waals surface area contributed by atoms with E-state index in [9.17, 15) is 9.50 Å². The normalized spacial score (nSPS) is 24.3. The molecule has 0 aliphatic carbocycles. The Morgan fingerprint density at radius 2 is 2.35 bits per heavy atom. The summed E-state index contributed by atoms with van der Waals surface area (Å²) in [6.07, 6.45) is 2.44. The van der Waals surface area contributed by atoms with Crippen molar-refractivity contribution >= 4 is 0 Å². The summed E-state index contributed by atoms with van der Waals surface area (Å²) in [6, 6.07) is 6.43. The molecule has 1 N–H and O–H groups in total. The minimum atomic E-state index is -0.825. The lowest BCUT2D eigenvalue weighted by Gasteiger charge is -2.35. The van der Waals surface area contributed by atoms with E-state index in [0.29, 0.717) is 13.0 Å². The molecule has 1 aliphatic rings. The molecule has 1 aromatic rings. The average molecular weight is 238 g/mol. The van der Waals surface area contributed by atoms with Crippen LogP contribution in [0.2, 0.25) is 0 Å². The molecule has 0 radical (unpaired) electrons. The molecule has 2 unspecified atom stereocenters. The number of aliphatic hydroxyl groups is 1. The highest BCUT2D eigenvalue weighted by Crippen LogP contribution is 2.29. The molecule has 2 atom stereocenters. The van der Waals surface area contributed by atoms with Crippen LogP contribution < -0.4 is 0 Å². The first kappa shape index (κ1) is 12.5. The Morgan fingerprint density at radius 3 is 3.00 bits per heavy atom. The van der Waals surface area contributed by atoms with Crippen molar-refractivity contribution in [1.82, 2.24) is 0 Å². The SMILES string of the molecule is CC(O)(Cc1cccc(F)c1)C1CCCOC1. The van der Waals surface area contributed by atoms with Gasteiger partial charge in [0.15, 0.2) is 0 Å². The number of hydrogen-bond acceptors (Lipinski definition) is 2. The van der Waals surface area contributed by atoms with Crippen molar-refractivity contribution in [3.63, 3.8) is 0 Å². The Hall–Kier alpha value is -0.930. The highest BCUT2D eigenvalue weighted by molar-refractivity contribution is 5.18. The summed E-state index contributed by atoms with van der Waals surface area (Å²) in [7, 11) is 0. The topological polar surface area (TPSA) is 29.5 Å². The van der Waals surface area contributed by atoms with Crippen molar-refractivity contribution in [2.24, 2.45) is 5.92 Å². The van der Waals surface area contributed by atoms with Crippen LogP contribution >= 0.6 is 0 Å². The fourth-order valence-electron chi connectivity index (χ4n) is 2.44. The van der Waals surface area contributed by atoms with Gasteiger partial charge < -0.3 is 9.84 Å². The molecule has 2 nitrogen and oxygen atoms in total. The van der Waals surface area contributed by atoms with Gasteiger partial charge in [-0.1, -0.05) is 12.1 Å². The molecule has 0 amide bonds. The summed E-state index contributed by atoms with van der Waals surface area (Å²) in [5.41, 5.74) is 0.00868. The lowest BCUT2D eigenvalue weighted by molar-refractivity contribution is -0.0673. The minimum absolute atomic E-state index is 0.138. The van der Waals surface area contributed by atoms with Crippen molar-refractivity contribution < 1.29 is 14.2 Å². The number of ether oxygens (including phenoxy) is 1. The molecule has 0 spiro atoms. The van der Waals surface area contributed by atoms with Gasteiger partial charge in [0.2, 0.25) is 0 Å². The zero-order valence-electron chi connectivity index (χ0n) is 10.2. The van der Waals surface area contributed by atoms with Crippen LogP contribution in [-0.4, -0.2) is 23.9 Å². The largest absolute Gasteiger partial charge is 0.389 e. The standard InChI is InChI=1S/C14H19FO2/c1-14(16,12-5-3-7-17-10-12)9-11-4-2-6-13(15)8-11/h2,4,6,8,12,16H,3,5,7,9-10H2,1H3. The van der Waals surface area contributed by atoms with E-state index < -0.39 is 5.60 Å². The Labute approximate surface area is 101 Å². The number of halogens is 1. The van der Waals surface area contributed by atoms with Crippen LogP contribution in [0.3, 0.4) is 0 Å². The van der Waals surface area contributed by atoms with Gasteiger partial charge in [0, 0.05) is 18.9 Å². The highest BCUT2D eigenvalue weighted by Gasteiger charge is 2.33. The Bertz CT molecular complexity index is 370. The van der Waals surface area contributed by atoms with E-state index >= 15 is 0 Å². The first-order valence-corrected chi connectivity index (χ1v) is 6.12. The molecule has 1 aromatic carbocycles. The molecule has 3 heteroatoms.